The summed E-state index contributed by atoms with van der Waals surface area (Å²) in [6, 6.07) is 0. The van der Waals surface area contributed by atoms with E-state index in [0.29, 0.717) is 23.6 Å². The van der Waals surface area contributed by atoms with Crippen LogP contribution < -0.4 is 0 Å². The number of rotatable bonds is 5. The van der Waals surface area contributed by atoms with E-state index in [2.05, 4.69) is 23.8 Å². The SMILES string of the molecule is CCC(CC)C1SCC(=O)N1Cc1cnc(C)cn1. The highest BCUT2D eigenvalue weighted by Gasteiger charge is 2.35. The van der Waals surface area contributed by atoms with Crippen molar-refractivity contribution >= 4 is 17.7 Å². The van der Waals surface area contributed by atoms with E-state index in [1.807, 2.05) is 11.8 Å². The van der Waals surface area contributed by atoms with Gasteiger partial charge in [-0.2, -0.15) is 0 Å². The molecule has 0 aromatic carbocycles. The monoisotopic (exact) mass is 279 g/mol. The maximum atomic E-state index is 12.0. The molecule has 1 aliphatic rings. The molecule has 1 amide bonds. The van der Waals surface area contributed by atoms with E-state index in [1.165, 1.54) is 0 Å². The number of aryl methyl sites for hydroxylation is 1. The van der Waals surface area contributed by atoms with Crippen molar-refractivity contribution in [3.05, 3.63) is 23.8 Å². The van der Waals surface area contributed by atoms with Gasteiger partial charge in [-0.05, 0) is 12.8 Å². The number of carbonyl (C=O) groups excluding carboxylic acids is 1. The average Bonchev–Trinajstić information content (AvgIpc) is 2.76. The molecule has 1 fully saturated rings. The van der Waals surface area contributed by atoms with Crippen LogP contribution in [0.25, 0.3) is 0 Å². The van der Waals surface area contributed by atoms with Crippen LogP contribution in [0.4, 0.5) is 0 Å². The Balaban J connectivity index is 2.11. The van der Waals surface area contributed by atoms with Gasteiger partial charge in [-0.15, -0.1) is 11.8 Å². The van der Waals surface area contributed by atoms with E-state index < -0.39 is 0 Å². The van der Waals surface area contributed by atoms with Crippen molar-refractivity contribution in [3.63, 3.8) is 0 Å². The Kier molecular flexibility index (Phi) is 4.80. The van der Waals surface area contributed by atoms with Gasteiger partial charge in [0.1, 0.15) is 0 Å². The largest absolute Gasteiger partial charge is 0.324 e. The minimum absolute atomic E-state index is 0.226. The molecule has 0 bridgehead atoms. The summed E-state index contributed by atoms with van der Waals surface area (Å²) in [5.74, 6) is 1.39. The molecule has 4 nitrogen and oxygen atoms in total. The van der Waals surface area contributed by atoms with E-state index in [9.17, 15) is 4.79 Å². The minimum atomic E-state index is 0.226. The molecule has 5 heteroatoms. The number of amides is 1. The quantitative estimate of drug-likeness (QED) is 0.831. The summed E-state index contributed by atoms with van der Waals surface area (Å²) in [7, 11) is 0. The summed E-state index contributed by atoms with van der Waals surface area (Å²) < 4.78 is 0. The molecule has 1 atom stereocenters. The molecule has 0 spiro atoms. The Labute approximate surface area is 119 Å². The molecule has 0 N–H and O–H groups in total. The van der Waals surface area contributed by atoms with Crippen LogP contribution in [-0.4, -0.2) is 31.9 Å². The fourth-order valence-electron chi connectivity index (χ4n) is 2.41. The van der Waals surface area contributed by atoms with E-state index in [4.69, 9.17) is 0 Å². The Morgan fingerprint density at radius 2 is 2.11 bits per heavy atom. The Morgan fingerprint density at radius 3 is 2.68 bits per heavy atom. The zero-order chi connectivity index (χ0) is 13.8. The second kappa shape index (κ2) is 6.37. The van der Waals surface area contributed by atoms with E-state index in [0.717, 1.165) is 24.2 Å². The van der Waals surface area contributed by atoms with Crippen LogP contribution >= 0.6 is 11.8 Å². The number of nitrogens with zero attached hydrogens (tertiary/aromatic N) is 3. The molecule has 1 aromatic heterocycles. The predicted molar refractivity (Wildman–Crippen MR) is 77.6 cm³/mol. The van der Waals surface area contributed by atoms with E-state index in [-0.39, 0.29) is 5.91 Å². The molecule has 0 aliphatic carbocycles. The summed E-state index contributed by atoms with van der Waals surface area (Å²) in [5.41, 5.74) is 1.78. The summed E-state index contributed by atoms with van der Waals surface area (Å²) in [4.78, 5) is 22.6. The van der Waals surface area contributed by atoms with Crippen LogP contribution in [0.1, 0.15) is 38.1 Å². The highest BCUT2D eigenvalue weighted by molar-refractivity contribution is 8.01. The van der Waals surface area contributed by atoms with Gasteiger partial charge in [0.05, 0.1) is 35.3 Å². The third-order valence-corrected chi connectivity index (χ3v) is 5.02. The van der Waals surface area contributed by atoms with Gasteiger partial charge in [-0.25, -0.2) is 0 Å². The molecule has 2 rings (SSSR count). The summed E-state index contributed by atoms with van der Waals surface area (Å²) >= 11 is 1.77. The number of hydrogen-bond acceptors (Lipinski definition) is 4. The molecule has 0 saturated carbocycles. The van der Waals surface area contributed by atoms with Gasteiger partial charge >= 0.3 is 0 Å². The number of aromatic nitrogens is 2. The molecule has 19 heavy (non-hydrogen) atoms. The lowest BCUT2D eigenvalue weighted by Crippen LogP contribution is -2.36. The minimum Gasteiger partial charge on any atom is -0.324 e. The zero-order valence-corrected chi connectivity index (χ0v) is 12.6. The standard InChI is InChI=1S/C14H21N3OS/c1-4-11(5-2)14-17(13(18)9-19-14)8-12-7-15-10(3)6-16-12/h6-7,11,14H,4-5,8-9H2,1-3H3. The first-order chi connectivity index (χ1) is 9.15. The van der Waals surface area contributed by atoms with Crippen LogP contribution in [0.15, 0.2) is 12.4 Å². The zero-order valence-electron chi connectivity index (χ0n) is 11.8. The highest BCUT2D eigenvalue weighted by Crippen LogP contribution is 2.34. The van der Waals surface area contributed by atoms with Crippen LogP contribution in [0.3, 0.4) is 0 Å². The molecular formula is C14H21N3OS. The van der Waals surface area contributed by atoms with Gasteiger partial charge in [0.2, 0.25) is 5.91 Å². The first-order valence-electron chi connectivity index (χ1n) is 6.84. The van der Waals surface area contributed by atoms with Crippen molar-refractivity contribution in [2.75, 3.05) is 5.75 Å². The van der Waals surface area contributed by atoms with Crippen LogP contribution in [0, 0.1) is 12.8 Å². The van der Waals surface area contributed by atoms with Crippen molar-refractivity contribution < 1.29 is 4.79 Å². The smallest absolute Gasteiger partial charge is 0.233 e. The number of carbonyl (C=O) groups is 1. The van der Waals surface area contributed by atoms with Gasteiger partial charge in [0.25, 0.3) is 0 Å². The molecule has 2 heterocycles. The summed E-state index contributed by atoms with van der Waals surface area (Å²) in [5, 5.41) is 0.297. The van der Waals surface area contributed by atoms with Crippen molar-refractivity contribution in [2.24, 2.45) is 5.92 Å². The Hall–Kier alpha value is -1.10. The van der Waals surface area contributed by atoms with Crippen molar-refractivity contribution in [1.29, 1.82) is 0 Å². The van der Waals surface area contributed by atoms with Crippen molar-refractivity contribution in [1.82, 2.24) is 14.9 Å². The summed E-state index contributed by atoms with van der Waals surface area (Å²) in [6.45, 7) is 6.89. The molecule has 0 radical (unpaired) electrons. The molecule has 104 valence electrons. The molecule has 1 aliphatic heterocycles. The first kappa shape index (κ1) is 14.3. The fraction of sp³-hybridized carbons (Fsp3) is 0.643. The second-order valence-corrected chi connectivity index (χ2v) is 6.05. The van der Waals surface area contributed by atoms with Gasteiger partial charge in [-0.1, -0.05) is 26.7 Å². The number of thioether (sulfide) groups is 1. The van der Waals surface area contributed by atoms with Crippen molar-refractivity contribution in [3.8, 4) is 0 Å². The van der Waals surface area contributed by atoms with Crippen LogP contribution in [0.2, 0.25) is 0 Å². The van der Waals surface area contributed by atoms with Gasteiger partial charge in [-0.3, -0.25) is 14.8 Å². The fourth-order valence-corrected chi connectivity index (χ4v) is 3.92. The maximum Gasteiger partial charge on any atom is 0.233 e. The molecule has 1 unspecified atom stereocenters. The Bertz CT molecular complexity index is 431. The predicted octanol–water partition coefficient (Wildman–Crippen LogP) is 2.62. The van der Waals surface area contributed by atoms with Gasteiger partial charge in [0.15, 0.2) is 0 Å². The van der Waals surface area contributed by atoms with Gasteiger partial charge in [0, 0.05) is 6.20 Å². The lowest BCUT2D eigenvalue weighted by Gasteiger charge is -2.29. The lowest BCUT2D eigenvalue weighted by molar-refractivity contribution is -0.129. The highest BCUT2D eigenvalue weighted by atomic mass is 32.2. The third kappa shape index (κ3) is 3.26. The van der Waals surface area contributed by atoms with Crippen LogP contribution in [-0.2, 0) is 11.3 Å². The normalized spacial score (nSPS) is 19.5. The van der Waals surface area contributed by atoms with Gasteiger partial charge < -0.3 is 4.90 Å². The topological polar surface area (TPSA) is 46.1 Å². The van der Waals surface area contributed by atoms with Crippen molar-refractivity contribution in [2.45, 2.75) is 45.5 Å². The average molecular weight is 279 g/mol. The van der Waals surface area contributed by atoms with E-state index >= 15 is 0 Å². The molecular weight excluding hydrogens is 258 g/mol. The maximum absolute atomic E-state index is 12.0. The third-order valence-electron chi connectivity index (χ3n) is 3.62. The Morgan fingerprint density at radius 1 is 1.37 bits per heavy atom. The second-order valence-electron chi connectivity index (χ2n) is 4.95. The molecule has 1 saturated heterocycles. The summed E-state index contributed by atoms with van der Waals surface area (Å²) in [6.07, 6.45) is 5.75. The van der Waals surface area contributed by atoms with Crippen LogP contribution in [0.5, 0.6) is 0 Å². The lowest BCUT2D eigenvalue weighted by atomic mass is 10.0. The van der Waals surface area contributed by atoms with E-state index in [1.54, 1.807) is 24.2 Å². The number of hydrogen-bond donors (Lipinski definition) is 0. The first-order valence-corrected chi connectivity index (χ1v) is 7.89. The molecule has 1 aromatic rings.